The van der Waals surface area contributed by atoms with E-state index < -0.39 is 0 Å². The third-order valence-electron chi connectivity index (χ3n) is 5.14. The number of imidazole rings is 1. The second kappa shape index (κ2) is 6.16. The summed E-state index contributed by atoms with van der Waals surface area (Å²) in [7, 11) is 0. The number of rotatable bonds is 3. The molecule has 5 nitrogen and oxygen atoms in total. The number of aromatic nitrogens is 4. The minimum Gasteiger partial charge on any atom is -0.300 e. The molecule has 116 valence electrons. The van der Waals surface area contributed by atoms with E-state index in [1.54, 1.807) is 12.4 Å². The zero-order chi connectivity index (χ0) is 14.8. The molecule has 0 N–H and O–H groups in total. The average Bonchev–Trinajstić information content (AvgIpc) is 3.28. The summed E-state index contributed by atoms with van der Waals surface area (Å²) in [6.07, 6.45) is 17.2. The van der Waals surface area contributed by atoms with Gasteiger partial charge in [-0.05, 0) is 32.2 Å². The highest BCUT2D eigenvalue weighted by atomic mass is 15.2. The summed E-state index contributed by atoms with van der Waals surface area (Å²) in [6.45, 7) is 2.38. The van der Waals surface area contributed by atoms with E-state index in [0.29, 0.717) is 5.92 Å². The minimum absolute atomic E-state index is 0.487. The number of piperidine rings is 1. The predicted molar refractivity (Wildman–Crippen MR) is 85.0 cm³/mol. The van der Waals surface area contributed by atoms with Crippen molar-refractivity contribution in [2.75, 3.05) is 13.1 Å². The molecule has 0 amide bonds. The van der Waals surface area contributed by atoms with Crippen LogP contribution in [0.25, 0.3) is 5.82 Å². The molecule has 2 fully saturated rings. The Bertz CT molecular complexity index is 603. The van der Waals surface area contributed by atoms with E-state index in [9.17, 15) is 0 Å². The standard InChI is InChI=1S/C17H23N5/c1-2-6-15(5-1)21-10-3-4-14(12-21)16-17(20-8-7-19-16)22-11-9-18-13-22/h7-9,11,13-15H,1-6,10,12H2. The molecule has 5 heteroatoms. The van der Waals surface area contributed by atoms with Crippen molar-refractivity contribution in [2.45, 2.75) is 50.5 Å². The molecule has 3 heterocycles. The lowest BCUT2D eigenvalue weighted by Crippen LogP contribution is -2.41. The van der Waals surface area contributed by atoms with E-state index in [-0.39, 0.29) is 0 Å². The van der Waals surface area contributed by atoms with Gasteiger partial charge in [0.2, 0.25) is 0 Å². The monoisotopic (exact) mass is 297 g/mol. The van der Waals surface area contributed by atoms with E-state index in [0.717, 1.165) is 24.1 Å². The highest BCUT2D eigenvalue weighted by Gasteiger charge is 2.30. The number of hydrogen-bond donors (Lipinski definition) is 0. The lowest BCUT2D eigenvalue weighted by molar-refractivity contribution is 0.148. The molecule has 4 rings (SSSR count). The van der Waals surface area contributed by atoms with Crippen LogP contribution in [-0.2, 0) is 0 Å². The van der Waals surface area contributed by atoms with Crippen LogP contribution in [0.2, 0.25) is 0 Å². The van der Waals surface area contributed by atoms with Gasteiger partial charge in [-0.15, -0.1) is 0 Å². The zero-order valence-electron chi connectivity index (χ0n) is 12.9. The first-order valence-corrected chi connectivity index (χ1v) is 8.45. The van der Waals surface area contributed by atoms with Crippen molar-refractivity contribution >= 4 is 0 Å². The van der Waals surface area contributed by atoms with Gasteiger partial charge in [-0.1, -0.05) is 12.8 Å². The van der Waals surface area contributed by atoms with Gasteiger partial charge in [-0.3, -0.25) is 14.5 Å². The van der Waals surface area contributed by atoms with Crippen molar-refractivity contribution < 1.29 is 0 Å². The molecule has 1 unspecified atom stereocenters. The maximum absolute atomic E-state index is 4.68. The van der Waals surface area contributed by atoms with E-state index in [2.05, 4.69) is 19.9 Å². The first-order valence-electron chi connectivity index (χ1n) is 8.45. The fraction of sp³-hybridized carbons (Fsp3) is 0.588. The summed E-state index contributed by atoms with van der Waals surface area (Å²) in [4.78, 5) is 16.1. The fourth-order valence-electron chi connectivity index (χ4n) is 4.04. The van der Waals surface area contributed by atoms with Crippen LogP contribution in [0.5, 0.6) is 0 Å². The number of hydrogen-bond acceptors (Lipinski definition) is 4. The van der Waals surface area contributed by atoms with E-state index in [1.165, 1.54) is 45.1 Å². The lowest BCUT2D eigenvalue weighted by atomic mass is 9.93. The molecule has 1 aliphatic heterocycles. The number of likely N-dealkylation sites (tertiary alicyclic amines) is 1. The third kappa shape index (κ3) is 2.65. The molecule has 22 heavy (non-hydrogen) atoms. The van der Waals surface area contributed by atoms with Crippen LogP contribution in [0.3, 0.4) is 0 Å². The summed E-state index contributed by atoms with van der Waals surface area (Å²) in [5.41, 5.74) is 1.13. The topological polar surface area (TPSA) is 46.8 Å². The van der Waals surface area contributed by atoms with Gasteiger partial charge < -0.3 is 0 Å². The Hall–Kier alpha value is -1.75. The van der Waals surface area contributed by atoms with Crippen molar-refractivity contribution in [1.29, 1.82) is 0 Å². The van der Waals surface area contributed by atoms with Crippen molar-refractivity contribution in [3.8, 4) is 5.82 Å². The molecule has 0 spiro atoms. The van der Waals surface area contributed by atoms with Gasteiger partial charge in [0.05, 0.1) is 5.69 Å². The smallest absolute Gasteiger partial charge is 0.160 e. The predicted octanol–water partition coefficient (Wildman–Crippen LogP) is 2.78. The van der Waals surface area contributed by atoms with Crippen LogP contribution in [0.4, 0.5) is 0 Å². The summed E-state index contributed by atoms with van der Waals surface area (Å²) in [6, 6.07) is 0.802. The zero-order valence-corrected chi connectivity index (χ0v) is 12.9. The Kier molecular flexibility index (Phi) is 3.89. The van der Waals surface area contributed by atoms with Crippen molar-refractivity contribution in [3.05, 3.63) is 36.8 Å². The molecule has 1 saturated heterocycles. The molecule has 0 radical (unpaired) electrons. The Morgan fingerprint density at radius 3 is 2.64 bits per heavy atom. The SMILES string of the molecule is c1cn(-c2nccnc2C2CCCN(C3CCCC3)C2)cn1. The lowest BCUT2D eigenvalue weighted by Gasteiger charge is -2.36. The normalized spacial score (nSPS) is 23.9. The maximum atomic E-state index is 4.68. The van der Waals surface area contributed by atoms with Gasteiger partial charge in [0.1, 0.15) is 6.33 Å². The van der Waals surface area contributed by atoms with Crippen LogP contribution in [0.15, 0.2) is 31.1 Å². The Labute approximate surface area is 131 Å². The van der Waals surface area contributed by atoms with Gasteiger partial charge in [-0.25, -0.2) is 9.97 Å². The van der Waals surface area contributed by atoms with Gasteiger partial charge in [0.25, 0.3) is 0 Å². The molecule has 2 aromatic heterocycles. The highest BCUT2D eigenvalue weighted by molar-refractivity contribution is 5.31. The quantitative estimate of drug-likeness (QED) is 0.874. The molecule has 1 atom stereocenters. The second-order valence-electron chi connectivity index (χ2n) is 6.51. The number of nitrogens with zero attached hydrogens (tertiary/aromatic N) is 5. The van der Waals surface area contributed by atoms with Crippen LogP contribution >= 0.6 is 0 Å². The van der Waals surface area contributed by atoms with Gasteiger partial charge in [-0.2, -0.15) is 0 Å². The van der Waals surface area contributed by atoms with Crippen molar-refractivity contribution in [2.24, 2.45) is 0 Å². The molecule has 0 aromatic carbocycles. The molecule has 0 bridgehead atoms. The summed E-state index contributed by atoms with van der Waals surface area (Å²) in [5, 5.41) is 0. The van der Waals surface area contributed by atoms with Gasteiger partial charge >= 0.3 is 0 Å². The highest BCUT2D eigenvalue weighted by Crippen LogP contribution is 2.33. The summed E-state index contributed by atoms with van der Waals surface area (Å²) in [5.74, 6) is 1.43. The molecular formula is C17H23N5. The van der Waals surface area contributed by atoms with Crippen LogP contribution in [0, 0.1) is 0 Å². The fourth-order valence-corrected chi connectivity index (χ4v) is 4.04. The van der Waals surface area contributed by atoms with E-state index in [4.69, 9.17) is 0 Å². The van der Waals surface area contributed by atoms with Gasteiger partial charge in [0.15, 0.2) is 5.82 Å². The Morgan fingerprint density at radius 2 is 1.82 bits per heavy atom. The molecule has 2 aromatic rings. The molecular weight excluding hydrogens is 274 g/mol. The Balaban J connectivity index is 1.59. The third-order valence-corrected chi connectivity index (χ3v) is 5.14. The summed E-state index contributed by atoms with van der Waals surface area (Å²) >= 11 is 0. The first kappa shape index (κ1) is 13.9. The molecule has 2 aliphatic rings. The van der Waals surface area contributed by atoms with Crippen LogP contribution in [0.1, 0.15) is 50.1 Å². The van der Waals surface area contributed by atoms with Crippen molar-refractivity contribution in [1.82, 2.24) is 24.4 Å². The van der Waals surface area contributed by atoms with Crippen molar-refractivity contribution in [3.63, 3.8) is 0 Å². The molecule has 1 saturated carbocycles. The van der Waals surface area contributed by atoms with E-state index >= 15 is 0 Å². The first-order chi connectivity index (χ1) is 10.9. The second-order valence-corrected chi connectivity index (χ2v) is 6.51. The Morgan fingerprint density at radius 1 is 0.955 bits per heavy atom. The maximum Gasteiger partial charge on any atom is 0.160 e. The van der Waals surface area contributed by atoms with E-state index in [1.807, 2.05) is 23.3 Å². The van der Waals surface area contributed by atoms with Gasteiger partial charge in [0, 0.05) is 43.3 Å². The summed E-state index contributed by atoms with van der Waals surface area (Å²) < 4.78 is 1.98. The largest absolute Gasteiger partial charge is 0.300 e. The van der Waals surface area contributed by atoms with Crippen LogP contribution < -0.4 is 0 Å². The minimum atomic E-state index is 0.487. The average molecular weight is 297 g/mol. The van der Waals surface area contributed by atoms with Crippen LogP contribution in [-0.4, -0.2) is 43.6 Å². The molecule has 1 aliphatic carbocycles.